The summed E-state index contributed by atoms with van der Waals surface area (Å²) in [6, 6.07) is 6.05. The van der Waals surface area contributed by atoms with Gasteiger partial charge in [0.25, 0.3) is 0 Å². The van der Waals surface area contributed by atoms with Crippen molar-refractivity contribution in [2.45, 2.75) is 6.30 Å². The number of anilines is 1. The molecule has 66 valence electrons. The summed E-state index contributed by atoms with van der Waals surface area (Å²) >= 11 is 2.99. The van der Waals surface area contributed by atoms with E-state index in [0.29, 0.717) is 4.47 Å². The SMILES string of the molecule is FC(F)(F)Nc1ccccc1Br. The van der Waals surface area contributed by atoms with Gasteiger partial charge in [0, 0.05) is 4.47 Å². The molecule has 0 bridgehead atoms. The van der Waals surface area contributed by atoms with E-state index < -0.39 is 6.30 Å². The predicted octanol–water partition coefficient (Wildman–Crippen LogP) is 3.38. The fraction of sp³-hybridized carbons (Fsp3) is 0.143. The van der Waals surface area contributed by atoms with Crippen LogP contribution in [0.5, 0.6) is 0 Å². The Balaban J connectivity index is 2.83. The van der Waals surface area contributed by atoms with Gasteiger partial charge in [0.15, 0.2) is 0 Å². The first-order valence-electron chi connectivity index (χ1n) is 3.08. The lowest BCUT2D eigenvalue weighted by atomic mass is 10.3. The monoisotopic (exact) mass is 239 g/mol. The van der Waals surface area contributed by atoms with Crippen LogP contribution in [0.2, 0.25) is 0 Å². The van der Waals surface area contributed by atoms with Gasteiger partial charge in [0.2, 0.25) is 0 Å². The van der Waals surface area contributed by atoms with Crippen molar-refractivity contribution in [2.24, 2.45) is 0 Å². The molecule has 0 aliphatic carbocycles. The molecule has 1 nitrogen and oxygen atoms in total. The first-order chi connectivity index (χ1) is 5.49. The van der Waals surface area contributed by atoms with Gasteiger partial charge in [-0.1, -0.05) is 12.1 Å². The molecule has 1 aromatic carbocycles. The van der Waals surface area contributed by atoms with Gasteiger partial charge >= 0.3 is 6.30 Å². The summed E-state index contributed by atoms with van der Waals surface area (Å²) < 4.78 is 35.8. The van der Waals surface area contributed by atoms with E-state index in [9.17, 15) is 13.2 Å². The normalized spacial score (nSPS) is 11.3. The van der Waals surface area contributed by atoms with E-state index in [-0.39, 0.29) is 5.69 Å². The lowest BCUT2D eigenvalue weighted by molar-refractivity contribution is -0.0999. The maximum Gasteiger partial charge on any atom is 0.482 e. The maximum absolute atomic E-state index is 11.8. The summed E-state index contributed by atoms with van der Waals surface area (Å²) in [5.74, 6) is 0. The standard InChI is InChI=1S/C7H5BrF3N/c8-5-3-1-2-4-6(5)12-7(9,10)11/h1-4,12H. The molecule has 0 aliphatic heterocycles. The van der Waals surface area contributed by atoms with Crippen molar-refractivity contribution >= 4 is 21.6 Å². The summed E-state index contributed by atoms with van der Waals surface area (Å²) in [5.41, 5.74) is 0.0185. The van der Waals surface area contributed by atoms with Crippen LogP contribution in [0.3, 0.4) is 0 Å². The molecule has 0 amide bonds. The minimum absolute atomic E-state index is 0.0185. The zero-order valence-corrected chi connectivity index (χ0v) is 7.41. The average Bonchev–Trinajstić information content (AvgIpc) is 1.91. The highest BCUT2D eigenvalue weighted by Crippen LogP contribution is 2.26. The van der Waals surface area contributed by atoms with Gasteiger partial charge in [0.1, 0.15) is 0 Å². The van der Waals surface area contributed by atoms with Gasteiger partial charge in [-0.3, -0.25) is 5.32 Å². The van der Waals surface area contributed by atoms with Crippen LogP contribution in [0.1, 0.15) is 0 Å². The van der Waals surface area contributed by atoms with E-state index in [2.05, 4.69) is 15.9 Å². The van der Waals surface area contributed by atoms with Crippen LogP contribution in [0.4, 0.5) is 18.9 Å². The average molecular weight is 240 g/mol. The molecule has 0 aliphatic rings. The van der Waals surface area contributed by atoms with E-state index in [0.717, 1.165) is 0 Å². The Bertz CT molecular complexity index is 272. The van der Waals surface area contributed by atoms with E-state index in [1.54, 1.807) is 6.07 Å². The van der Waals surface area contributed by atoms with Crippen LogP contribution in [-0.2, 0) is 0 Å². The highest BCUT2D eigenvalue weighted by atomic mass is 79.9. The first-order valence-corrected chi connectivity index (χ1v) is 3.88. The van der Waals surface area contributed by atoms with E-state index >= 15 is 0 Å². The highest BCUT2D eigenvalue weighted by molar-refractivity contribution is 9.10. The molecule has 0 saturated carbocycles. The minimum atomic E-state index is -4.39. The number of rotatable bonds is 1. The molecule has 0 fully saturated rings. The smallest absolute Gasteiger partial charge is 0.296 e. The number of para-hydroxylation sites is 1. The summed E-state index contributed by atoms with van der Waals surface area (Å²) in [6.45, 7) is 0. The van der Waals surface area contributed by atoms with Crippen LogP contribution >= 0.6 is 15.9 Å². The highest BCUT2D eigenvalue weighted by Gasteiger charge is 2.27. The molecular weight excluding hydrogens is 235 g/mol. The minimum Gasteiger partial charge on any atom is -0.296 e. The van der Waals surface area contributed by atoms with Crippen molar-refractivity contribution in [3.63, 3.8) is 0 Å². The van der Waals surface area contributed by atoms with Crippen LogP contribution in [0.15, 0.2) is 28.7 Å². The molecule has 12 heavy (non-hydrogen) atoms. The molecular formula is C7H5BrF3N. The predicted molar refractivity (Wildman–Crippen MR) is 43.8 cm³/mol. The van der Waals surface area contributed by atoms with Gasteiger partial charge in [0.05, 0.1) is 5.69 Å². The van der Waals surface area contributed by atoms with Gasteiger partial charge in [-0.05, 0) is 28.1 Å². The van der Waals surface area contributed by atoms with Gasteiger partial charge in [-0.2, -0.15) is 13.2 Å². The molecule has 0 aromatic heterocycles. The van der Waals surface area contributed by atoms with E-state index in [1.165, 1.54) is 23.5 Å². The third kappa shape index (κ3) is 2.73. The molecule has 0 spiro atoms. The Morgan fingerprint density at radius 1 is 1.17 bits per heavy atom. The molecule has 0 unspecified atom stereocenters. The lowest BCUT2D eigenvalue weighted by Gasteiger charge is -2.10. The molecule has 0 heterocycles. The Hall–Kier alpha value is -0.710. The van der Waals surface area contributed by atoms with Crippen molar-refractivity contribution in [3.8, 4) is 0 Å². The molecule has 1 rings (SSSR count). The second-order valence-corrected chi connectivity index (χ2v) is 2.96. The Morgan fingerprint density at radius 2 is 1.75 bits per heavy atom. The van der Waals surface area contributed by atoms with Crippen molar-refractivity contribution < 1.29 is 13.2 Å². The lowest BCUT2D eigenvalue weighted by Crippen LogP contribution is -2.20. The number of hydrogen-bond donors (Lipinski definition) is 1. The Kier molecular flexibility index (Phi) is 2.62. The number of hydrogen-bond acceptors (Lipinski definition) is 1. The first kappa shape index (κ1) is 9.38. The Morgan fingerprint density at radius 3 is 2.25 bits per heavy atom. The van der Waals surface area contributed by atoms with Crippen molar-refractivity contribution in [2.75, 3.05) is 5.32 Å². The van der Waals surface area contributed by atoms with Gasteiger partial charge in [-0.15, -0.1) is 0 Å². The fourth-order valence-corrected chi connectivity index (χ4v) is 1.10. The van der Waals surface area contributed by atoms with Crippen molar-refractivity contribution in [1.82, 2.24) is 0 Å². The number of halogens is 4. The largest absolute Gasteiger partial charge is 0.482 e. The van der Waals surface area contributed by atoms with Crippen LogP contribution in [-0.4, -0.2) is 6.30 Å². The summed E-state index contributed by atoms with van der Waals surface area (Å²) in [5, 5.41) is 1.40. The van der Waals surface area contributed by atoms with Gasteiger partial charge in [-0.25, -0.2) is 0 Å². The molecule has 5 heteroatoms. The second-order valence-electron chi connectivity index (χ2n) is 2.10. The maximum atomic E-state index is 11.8. The molecule has 0 atom stereocenters. The van der Waals surface area contributed by atoms with E-state index in [1.807, 2.05) is 0 Å². The Labute approximate surface area is 75.7 Å². The van der Waals surface area contributed by atoms with Crippen LogP contribution < -0.4 is 5.32 Å². The summed E-state index contributed by atoms with van der Waals surface area (Å²) in [7, 11) is 0. The van der Waals surface area contributed by atoms with Gasteiger partial charge < -0.3 is 0 Å². The molecule has 0 radical (unpaired) electrons. The fourth-order valence-electron chi connectivity index (χ4n) is 0.715. The van der Waals surface area contributed by atoms with Crippen LogP contribution in [0, 0.1) is 0 Å². The second kappa shape index (κ2) is 3.35. The molecule has 0 saturated heterocycles. The zero-order valence-electron chi connectivity index (χ0n) is 5.82. The molecule has 1 aromatic rings. The van der Waals surface area contributed by atoms with Crippen LogP contribution in [0.25, 0.3) is 0 Å². The summed E-state index contributed by atoms with van der Waals surface area (Å²) in [4.78, 5) is 0. The van der Waals surface area contributed by atoms with Crippen molar-refractivity contribution in [3.05, 3.63) is 28.7 Å². The summed E-state index contributed by atoms with van der Waals surface area (Å²) in [6.07, 6.45) is -4.39. The third-order valence-corrected chi connectivity index (χ3v) is 1.84. The quantitative estimate of drug-likeness (QED) is 0.742. The zero-order chi connectivity index (χ0) is 9.19. The van der Waals surface area contributed by atoms with E-state index in [4.69, 9.17) is 0 Å². The molecule has 1 N–H and O–H groups in total. The third-order valence-electron chi connectivity index (χ3n) is 1.15. The number of alkyl halides is 3. The number of benzene rings is 1. The van der Waals surface area contributed by atoms with Crippen molar-refractivity contribution in [1.29, 1.82) is 0 Å². The number of nitrogens with one attached hydrogen (secondary N) is 1. The topological polar surface area (TPSA) is 12.0 Å².